The molecule has 0 nitrogen and oxygen atoms in total. The van der Waals surface area contributed by atoms with Crippen molar-refractivity contribution < 1.29 is 0 Å². The van der Waals surface area contributed by atoms with Gasteiger partial charge in [0.15, 0.2) is 0 Å². The normalized spacial score (nSPS) is 10.3. The Morgan fingerprint density at radius 3 is 1.87 bits per heavy atom. The van der Waals surface area contributed by atoms with Gasteiger partial charge in [0.2, 0.25) is 0 Å². The predicted molar refractivity (Wildman–Crippen MR) is 71.3 cm³/mol. The Kier molecular flexibility index (Phi) is 7.16. The van der Waals surface area contributed by atoms with Crippen LogP contribution in [-0.2, 0) is 0 Å². The molecule has 0 saturated carbocycles. The van der Waals surface area contributed by atoms with Crippen molar-refractivity contribution in [1.82, 2.24) is 0 Å². The summed E-state index contributed by atoms with van der Waals surface area (Å²) in [5, 5.41) is 0. The average molecular weight is 310 g/mol. The first-order chi connectivity index (χ1) is 7.38. The van der Waals surface area contributed by atoms with Gasteiger partial charge < -0.3 is 0 Å². The van der Waals surface area contributed by atoms with Gasteiger partial charge in [0.05, 0.1) is 0 Å². The van der Waals surface area contributed by atoms with E-state index >= 15 is 0 Å². The Labute approximate surface area is 102 Å². The molecule has 0 aliphatic carbocycles. The second-order valence-corrected chi connectivity index (χ2v) is 12.1. The van der Waals surface area contributed by atoms with Crippen molar-refractivity contribution in [3.05, 3.63) is 30.3 Å². The molecule has 0 unspecified atom stereocenters. The van der Waals surface area contributed by atoms with E-state index in [9.17, 15) is 0 Å². The van der Waals surface area contributed by atoms with Gasteiger partial charge in [-0.3, -0.25) is 0 Å². The van der Waals surface area contributed by atoms with E-state index in [-0.39, 0.29) is 0 Å². The molecule has 15 heavy (non-hydrogen) atoms. The van der Waals surface area contributed by atoms with Gasteiger partial charge in [-0.1, -0.05) is 0 Å². The third-order valence-electron chi connectivity index (χ3n) is 2.85. The van der Waals surface area contributed by atoms with E-state index in [4.69, 9.17) is 0 Å². The maximum atomic E-state index is 2.38. The van der Waals surface area contributed by atoms with Crippen molar-refractivity contribution in [2.24, 2.45) is 0 Å². The topological polar surface area (TPSA) is 0 Å². The quantitative estimate of drug-likeness (QED) is 0.668. The molecule has 0 amide bonds. The average Bonchev–Trinajstić information content (AvgIpc) is 2.30. The molecular weight excluding hydrogens is 287 g/mol. The van der Waals surface area contributed by atoms with E-state index < -0.39 is 19.8 Å². The van der Waals surface area contributed by atoms with E-state index in [1.54, 1.807) is 12.5 Å². The minimum atomic E-state index is -1.22. The third kappa shape index (κ3) is 5.05. The minimum absolute atomic E-state index is 1.22. The van der Waals surface area contributed by atoms with Crippen molar-refractivity contribution in [2.45, 2.75) is 48.4 Å². The Morgan fingerprint density at radius 1 is 0.867 bits per heavy atom. The summed E-state index contributed by atoms with van der Waals surface area (Å²) in [6.07, 6.45) is 5.63. The summed E-state index contributed by atoms with van der Waals surface area (Å²) < 4.78 is 4.85. The molecule has 0 aliphatic heterocycles. The fourth-order valence-corrected chi connectivity index (χ4v) is 10.6. The first kappa shape index (κ1) is 13.1. The van der Waals surface area contributed by atoms with E-state index in [1.807, 2.05) is 0 Å². The number of unbranched alkanes of at least 4 members (excludes halogenated alkanes) is 2. The van der Waals surface area contributed by atoms with Gasteiger partial charge in [0.25, 0.3) is 0 Å². The van der Waals surface area contributed by atoms with Crippen LogP contribution in [0.5, 0.6) is 0 Å². The molecule has 1 aromatic rings. The van der Waals surface area contributed by atoms with E-state index in [0.29, 0.717) is 0 Å². The standard InChI is InChI=1S/C6H5.2C4H9.Sn/c1-2-4-6-5-3-1;2*1-3-4-2;/h1-5H;2*1,3-4H2,2H3;/q;;;+1. The van der Waals surface area contributed by atoms with Gasteiger partial charge in [0, 0.05) is 0 Å². The van der Waals surface area contributed by atoms with Crippen LogP contribution >= 0.6 is 0 Å². The Bertz CT molecular complexity index is 235. The molecule has 0 N–H and O–H groups in total. The molecule has 0 saturated heterocycles. The molecule has 0 radical (unpaired) electrons. The number of hydrogen-bond acceptors (Lipinski definition) is 0. The van der Waals surface area contributed by atoms with Crippen molar-refractivity contribution in [3.8, 4) is 0 Å². The molecule has 1 aromatic carbocycles. The van der Waals surface area contributed by atoms with Crippen molar-refractivity contribution in [1.29, 1.82) is 0 Å². The van der Waals surface area contributed by atoms with Crippen molar-refractivity contribution in [3.63, 3.8) is 0 Å². The Hall–Kier alpha value is 0.0187. The third-order valence-corrected chi connectivity index (χ3v) is 11.6. The number of benzene rings is 1. The molecule has 0 atom stereocenters. The van der Waals surface area contributed by atoms with Gasteiger partial charge in [-0.25, -0.2) is 0 Å². The number of rotatable bonds is 7. The molecule has 1 heteroatoms. The summed E-state index contributed by atoms with van der Waals surface area (Å²) in [7, 11) is 0. The summed E-state index contributed by atoms with van der Waals surface area (Å²) in [6.45, 7) is 4.62. The Morgan fingerprint density at radius 2 is 1.40 bits per heavy atom. The molecule has 1 rings (SSSR count). The second-order valence-electron chi connectivity index (χ2n) is 4.18. The molecule has 0 spiro atoms. The predicted octanol–water partition coefficient (Wildman–Crippen LogP) is 3.99. The van der Waals surface area contributed by atoms with Gasteiger partial charge in [-0.05, 0) is 0 Å². The fourth-order valence-electron chi connectivity index (χ4n) is 1.87. The van der Waals surface area contributed by atoms with Crippen LogP contribution in [0.25, 0.3) is 0 Å². The van der Waals surface area contributed by atoms with Crippen LogP contribution in [0.3, 0.4) is 0 Å². The van der Waals surface area contributed by atoms with Crippen LogP contribution in [0, 0.1) is 0 Å². The van der Waals surface area contributed by atoms with Crippen LogP contribution in [0.2, 0.25) is 8.87 Å². The molecule has 0 heterocycles. The molecule has 0 aromatic heterocycles. The van der Waals surface area contributed by atoms with Gasteiger partial charge in [0.1, 0.15) is 0 Å². The molecule has 82 valence electrons. The van der Waals surface area contributed by atoms with Crippen LogP contribution < -0.4 is 3.58 Å². The SMILES string of the molecule is CCC[CH2][Sn+]([CH2]CCC)[c]1ccccc1. The number of hydrogen-bond donors (Lipinski definition) is 0. The van der Waals surface area contributed by atoms with Crippen molar-refractivity contribution in [2.75, 3.05) is 0 Å². The first-order valence-corrected chi connectivity index (χ1v) is 11.7. The molecule has 0 fully saturated rings. The van der Waals surface area contributed by atoms with Crippen LogP contribution in [0.4, 0.5) is 0 Å². The van der Waals surface area contributed by atoms with Crippen LogP contribution in [0.15, 0.2) is 30.3 Å². The summed E-state index contributed by atoms with van der Waals surface area (Å²) in [5.41, 5.74) is 0. The summed E-state index contributed by atoms with van der Waals surface area (Å²) in [6, 6.07) is 11.3. The molecular formula is C14H23Sn+. The summed E-state index contributed by atoms with van der Waals surface area (Å²) in [4.78, 5) is 0. The Balaban J connectivity index is 2.55. The first-order valence-electron chi connectivity index (χ1n) is 6.28. The van der Waals surface area contributed by atoms with E-state index in [1.165, 1.54) is 25.7 Å². The second kappa shape index (κ2) is 8.20. The van der Waals surface area contributed by atoms with Crippen LogP contribution in [0.1, 0.15) is 39.5 Å². The van der Waals surface area contributed by atoms with E-state index in [2.05, 4.69) is 44.2 Å². The zero-order chi connectivity index (χ0) is 10.9. The van der Waals surface area contributed by atoms with Crippen molar-refractivity contribution >= 4 is 23.3 Å². The zero-order valence-corrected chi connectivity index (χ0v) is 13.0. The zero-order valence-electron chi connectivity index (χ0n) is 10.1. The van der Waals surface area contributed by atoms with Crippen LogP contribution in [-0.4, -0.2) is 19.8 Å². The summed E-state index contributed by atoms with van der Waals surface area (Å²) in [5.74, 6) is 0. The summed E-state index contributed by atoms with van der Waals surface area (Å²) >= 11 is -1.22. The van der Waals surface area contributed by atoms with Gasteiger partial charge >= 0.3 is 102 Å². The molecule has 0 bridgehead atoms. The van der Waals surface area contributed by atoms with Gasteiger partial charge in [-0.15, -0.1) is 0 Å². The fraction of sp³-hybridized carbons (Fsp3) is 0.571. The van der Waals surface area contributed by atoms with Gasteiger partial charge in [-0.2, -0.15) is 0 Å². The maximum absolute atomic E-state index is 2.38. The monoisotopic (exact) mass is 311 g/mol. The molecule has 0 aliphatic rings. The van der Waals surface area contributed by atoms with E-state index in [0.717, 1.165) is 0 Å².